The lowest BCUT2D eigenvalue weighted by atomic mass is 10.1. The van der Waals surface area contributed by atoms with Crippen LogP contribution in [0.4, 0.5) is 16.2 Å². The normalized spacial score (nSPS) is 10.2. The van der Waals surface area contributed by atoms with Crippen LogP contribution >= 0.6 is 27.5 Å². The molecule has 0 heterocycles. The average molecular weight is 354 g/mol. The van der Waals surface area contributed by atoms with Gasteiger partial charge in [0.15, 0.2) is 0 Å². The van der Waals surface area contributed by atoms with Crippen molar-refractivity contribution in [2.45, 2.75) is 13.8 Å². The maximum absolute atomic E-state index is 12.0. The van der Waals surface area contributed by atoms with E-state index in [-0.39, 0.29) is 6.03 Å². The Kier molecular flexibility index (Phi) is 4.68. The van der Waals surface area contributed by atoms with Gasteiger partial charge >= 0.3 is 6.03 Å². The molecular weight excluding hydrogens is 340 g/mol. The van der Waals surface area contributed by atoms with Crippen LogP contribution in [-0.4, -0.2) is 6.03 Å². The molecule has 0 saturated carbocycles. The van der Waals surface area contributed by atoms with Crippen molar-refractivity contribution in [3.63, 3.8) is 0 Å². The van der Waals surface area contributed by atoms with Gasteiger partial charge in [-0.2, -0.15) is 0 Å². The third kappa shape index (κ3) is 3.52. The van der Waals surface area contributed by atoms with E-state index in [1.807, 2.05) is 38.1 Å². The summed E-state index contributed by atoms with van der Waals surface area (Å²) in [6.07, 6.45) is 0. The molecule has 2 aromatic rings. The zero-order chi connectivity index (χ0) is 14.7. The summed E-state index contributed by atoms with van der Waals surface area (Å²) in [7, 11) is 0. The van der Waals surface area contributed by atoms with Gasteiger partial charge in [0.25, 0.3) is 0 Å². The summed E-state index contributed by atoms with van der Waals surface area (Å²) in [5, 5.41) is 6.09. The molecule has 0 unspecified atom stereocenters. The van der Waals surface area contributed by atoms with Crippen LogP contribution in [0.2, 0.25) is 5.02 Å². The molecule has 20 heavy (non-hydrogen) atoms. The van der Waals surface area contributed by atoms with Gasteiger partial charge in [-0.3, -0.25) is 0 Å². The fourth-order valence-corrected chi connectivity index (χ4v) is 2.81. The Balaban J connectivity index is 2.15. The molecule has 0 atom stereocenters. The van der Waals surface area contributed by atoms with Crippen LogP contribution in [0.3, 0.4) is 0 Å². The number of carbonyl (C=O) groups is 1. The Hall–Kier alpha value is -1.52. The number of hydrogen-bond acceptors (Lipinski definition) is 1. The third-order valence-corrected chi connectivity index (χ3v) is 3.65. The molecule has 2 rings (SSSR count). The second kappa shape index (κ2) is 6.29. The molecule has 0 bridgehead atoms. The van der Waals surface area contributed by atoms with E-state index in [0.29, 0.717) is 10.7 Å². The minimum Gasteiger partial charge on any atom is -0.307 e. The van der Waals surface area contributed by atoms with Gasteiger partial charge in [0, 0.05) is 10.2 Å². The fourth-order valence-electron chi connectivity index (χ4n) is 1.94. The van der Waals surface area contributed by atoms with E-state index < -0.39 is 0 Å². The van der Waals surface area contributed by atoms with Gasteiger partial charge in [-0.1, -0.05) is 39.7 Å². The van der Waals surface area contributed by atoms with Crippen molar-refractivity contribution < 1.29 is 4.79 Å². The summed E-state index contributed by atoms with van der Waals surface area (Å²) in [5.74, 6) is 0. The van der Waals surface area contributed by atoms with E-state index in [0.717, 1.165) is 21.3 Å². The molecule has 2 N–H and O–H groups in total. The number of rotatable bonds is 2. The number of halogens is 2. The topological polar surface area (TPSA) is 41.1 Å². The quantitative estimate of drug-likeness (QED) is 0.749. The number of carbonyl (C=O) groups excluding carboxylic acids is 1. The molecule has 5 heteroatoms. The smallest absolute Gasteiger partial charge is 0.307 e. The first-order chi connectivity index (χ1) is 9.47. The maximum Gasteiger partial charge on any atom is 0.323 e. The van der Waals surface area contributed by atoms with Gasteiger partial charge in [0.05, 0.1) is 10.7 Å². The Bertz CT molecular complexity index is 635. The van der Waals surface area contributed by atoms with E-state index >= 15 is 0 Å². The van der Waals surface area contributed by atoms with Crippen molar-refractivity contribution in [2.24, 2.45) is 0 Å². The minimum atomic E-state index is -0.313. The van der Waals surface area contributed by atoms with Crippen LogP contribution in [0, 0.1) is 13.8 Å². The molecule has 0 radical (unpaired) electrons. The second-order valence-corrected chi connectivity index (χ2v) is 5.80. The highest BCUT2D eigenvalue weighted by Crippen LogP contribution is 2.26. The number of amides is 2. The van der Waals surface area contributed by atoms with Crippen molar-refractivity contribution in [3.05, 3.63) is 57.0 Å². The van der Waals surface area contributed by atoms with Crippen molar-refractivity contribution in [1.29, 1.82) is 0 Å². The Morgan fingerprint density at radius 1 is 1.10 bits per heavy atom. The van der Waals surface area contributed by atoms with Crippen LogP contribution in [0.5, 0.6) is 0 Å². The predicted octanol–water partition coefficient (Wildman–Crippen LogP) is 5.36. The molecule has 2 amide bonds. The highest BCUT2D eigenvalue weighted by atomic mass is 79.9. The number of anilines is 2. The summed E-state index contributed by atoms with van der Waals surface area (Å²) in [6.45, 7) is 3.89. The minimum absolute atomic E-state index is 0.313. The van der Waals surface area contributed by atoms with E-state index in [2.05, 4.69) is 26.6 Å². The Labute approximate surface area is 131 Å². The summed E-state index contributed by atoms with van der Waals surface area (Å²) in [6, 6.07) is 10.7. The molecule has 2 aromatic carbocycles. The van der Waals surface area contributed by atoms with Crippen LogP contribution in [0.25, 0.3) is 0 Å². The molecule has 0 aliphatic heterocycles. The van der Waals surface area contributed by atoms with E-state index in [1.165, 1.54) is 0 Å². The number of nitrogens with one attached hydrogen (secondary N) is 2. The molecule has 0 aliphatic carbocycles. The SMILES string of the molecule is Cc1cc(Br)cc(C)c1NC(=O)Nc1ccccc1Cl. The summed E-state index contributed by atoms with van der Waals surface area (Å²) in [5.41, 5.74) is 3.37. The van der Waals surface area contributed by atoms with Crippen molar-refractivity contribution >= 4 is 44.9 Å². The highest BCUT2D eigenvalue weighted by molar-refractivity contribution is 9.10. The Morgan fingerprint density at radius 2 is 1.70 bits per heavy atom. The fraction of sp³-hybridized carbons (Fsp3) is 0.133. The molecule has 0 aromatic heterocycles. The highest BCUT2D eigenvalue weighted by Gasteiger charge is 2.09. The van der Waals surface area contributed by atoms with Gasteiger partial charge in [0.1, 0.15) is 0 Å². The van der Waals surface area contributed by atoms with Crippen LogP contribution in [0.15, 0.2) is 40.9 Å². The van der Waals surface area contributed by atoms with Gasteiger partial charge in [-0.25, -0.2) is 4.79 Å². The number of urea groups is 1. The Morgan fingerprint density at radius 3 is 2.30 bits per heavy atom. The zero-order valence-electron chi connectivity index (χ0n) is 11.1. The molecule has 3 nitrogen and oxygen atoms in total. The lowest BCUT2D eigenvalue weighted by Crippen LogP contribution is -2.20. The predicted molar refractivity (Wildman–Crippen MR) is 87.7 cm³/mol. The zero-order valence-corrected chi connectivity index (χ0v) is 13.5. The molecule has 0 spiro atoms. The second-order valence-electron chi connectivity index (χ2n) is 4.47. The number of para-hydroxylation sites is 1. The van der Waals surface area contributed by atoms with Gasteiger partial charge in [-0.15, -0.1) is 0 Å². The van der Waals surface area contributed by atoms with Crippen LogP contribution in [-0.2, 0) is 0 Å². The number of hydrogen-bond donors (Lipinski definition) is 2. The number of benzene rings is 2. The molecular formula is C15H14BrClN2O. The van der Waals surface area contributed by atoms with Gasteiger partial charge in [-0.05, 0) is 49.2 Å². The standard InChI is InChI=1S/C15H14BrClN2O/c1-9-7-11(16)8-10(2)14(9)19-15(20)18-13-6-4-3-5-12(13)17/h3-8H,1-2H3,(H2,18,19,20). The first-order valence-electron chi connectivity index (χ1n) is 6.06. The number of aryl methyl sites for hydroxylation is 2. The van der Waals surface area contributed by atoms with Gasteiger partial charge < -0.3 is 10.6 Å². The third-order valence-electron chi connectivity index (χ3n) is 2.86. The average Bonchev–Trinajstić information content (AvgIpc) is 2.36. The van der Waals surface area contributed by atoms with Gasteiger partial charge in [0.2, 0.25) is 0 Å². The van der Waals surface area contributed by atoms with E-state index in [9.17, 15) is 4.79 Å². The lowest BCUT2D eigenvalue weighted by molar-refractivity contribution is 0.262. The first kappa shape index (κ1) is 14.9. The molecule has 0 fully saturated rings. The first-order valence-corrected chi connectivity index (χ1v) is 7.24. The van der Waals surface area contributed by atoms with Crippen molar-refractivity contribution in [3.8, 4) is 0 Å². The van der Waals surface area contributed by atoms with E-state index in [4.69, 9.17) is 11.6 Å². The maximum atomic E-state index is 12.0. The lowest BCUT2D eigenvalue weighted by Gasteiger charge is -2.13. The molecule has 0 aliphatic rings. The van der Waals surface area contributed by atoms with Crippen LogP contribution in [0.1, 0.15) is 11.1 Å². The summed E-state index contributed by atoms with van der Waals surface area (Å²) < 4.78 is 0.990. The molecule has 0 saturated heterocycles. The van der Waals surface area contributed by atoms with Crippen molar-refractivity contribution in [1.82, 2.24) is 0 Å². The van der Waals surface area contributed by atoms with E-state index in [1.54, 1.807) is 12.1 Å². The molecule has 104 valence electrons. The largest absolute Gasteiger partial charge is 0.323 e. The summed E-state index contributed by atoms with van der Waals surface area (Å²) in [4.78, 5) is 12.0. The monoisotopic (exact) mass is 352 g/mol. The summed E-state index contributed by atoms with van der Waals surface area (Å²) >= 11 is 9.44. The van der Waals surface area contributed by atoms with Crippen LogP contribution < -0.4 is 10.6 Å². The van der Waals surface area contributed by atoms with Crippen molar-refractivity contribution in [2.75, 3.05) is 10.6 Å².